The van der Waals surface area contributed by atoms with Gasteiger partial charge in [-0.05, 0) is 53.5 Å². The minimum Gasteiger partial charge on any atom is -0.480 e. The van der Waals surface area contributed by atoms with Gasteiger partial charge < -0.3 is 25.2 Å². The molecule has 1 unspecified atom stereocenters. The molecule has 1 aliphatic carbocycles. The number of benzene rings is 3. The molecular formula is C34H40N2O6. The van der Waals surface area contributed by atoms with E-state index in [9.17, 15) is 19.5 Å². The third kappa shape index (κ3) is 8.19. The summed E-state index contributed by atoms with van der Waals surface area (Å²) in [7, 11) is 0. The molecule has 42 heavy (non-hydrogen) atoms. The Hall–Kier alpha value is -4.17. The SMILES string of the molecule is CCC(CCNC(=O)OCC1c2ccccc2-c2ccccc21)CCC(=O)N[C@@H](C(=O)O)[C@H](C)OCc1ccccc1. The van der Waals surface area contributed by atoms with E-state index in [0.29, 0.717) is 19.4 Å². The number of rotatable bonds is 15. The molecule has 0 saturated heterocycles. The molecule has 0 aromatic heterocycles. The highest BCUT2D eigenvalue weighted by Crippen LogP contribution is 2.44. The lowest BCUT2D eigenvalue weighted by Crippen LogP contribution is -2.48. The highest BCUT2D eigenvalue weighted by molar-refractivity contribution is 5.84. The first-order chi connectivity index (χ1) is 20.4. The Morgan fingerprint density at radius 2 is 1.50 bits per heavy atom. The maximum atomic E-state index is 12.6. The standard InChI is InChI=1S/C34H40N2O6/c1-3-24(17-18-31(37)36-32(33(38)39)23(2)41-21-25-11-5-4-6-12-25)19-20-35-34(40)42-22-30-28-15-9-7-13-26(28)27-14-8-10-16-29(27)30/h4-16,23-24,30,32H,3,17-22H2,1-2H3,(H,35,40)(H,36,37)(H,38,39)/t23-,24?,32+/m0/s1. The van der Waals surface area contributed by atoms with Gasteiger partial charge in [0.25, 0.3) is 0 Å². The van der Waals surface area contributed by atoms with Crippen molar-refractivity contribution in [1.29, 1.82) is 0 Å². The van der Waals surface area contributed by atoms with E-state index in [4.69, 9.17) is 9.47 Å². The predicted octanol–water partition coefficient (Wildman–Crippen LogP) is 5.90. The number of amides is 2. The summed E-state index contributed by atoms with van der Waals surface area (Å²) >= 11 is 0. The van der Waals surface area contributed by atoms with Crippen molar-refractivity contribution in [3.05, 3.63) is 95.6 Å². The Morgan fingerprint density at radius 1 is 0.881 bits per heavy atom. The van der Waals surface area contributed by atoms with Gasteiger partial charge in [-0.25, -0.2) is 9.59 Å². The molecule has 2 amide bonds. The number of aliphatic carboxylic acids is 1. The Kier molecular flexibility index (Phi) is 11.1. The van der Waals surface area contributed by atoms with Crippen LogP contribution in [0.4, 0.5) is 4.79 Å². The number of ether oxygens (including phenoxy) is 2. The molecule has 8 nitrogen and oxygen atoms in total. The van der Waals surface area contributed by atoms with Crippen molar-refractivity contribution in [3.8, 4) is 11.1 Å². The highest BCUT2D eigenvalue weighted by Gasteiger charge is 2.29. The van der Waals surface area contributed by atoms with Gasteiger partial charge in [0.2, 0.25) is 5.91 Å². The molecule has 4 rings (SSSR count). The first-order valence-corrected chi connectivity index (χ1v) is 14.6. The molecule has 3 atom stereocenters. The summed E-state index contributed by atoms with van der Waals surface area (Å²) in [6.07, 6.45) is 1.14. The number of carbonyl (C=O) groups is 3. The Morgan fingerprint density at radius 3 is 2.12 bits per heavy atom. The number of carboxylic acids is 1. The van der Waals surface area contributed by atoms with Crippen LogP contribution in [0.3, 0.4) is 0 Å². The van der Waals surface area contributed by atoms with E-state index < -0.39 is 24.2 Å². The summed E-state index contributed by atoms with van der Waals surface area (Å²) in [6.45, 7) is 4.63. The van der Waals surface area contributed by atoms with Crippen molar-refractivity contribution in [2.24, 2.45) is 5.92 Å². The average Bonchev–Trinajstić information content (AvgIpc) is 3.33. The van der Waals surface area contributed by atoms with Crippen LogP contribution in [0.25, 0.3) is 11.1 Å². The van der Waals surface area contributed by atoms with Crippen LogP contribution >= 0.6 is 0 Å². The molecule has 3 N–H and O–H groups in total. The maximum absolute atomic E-state index is 12.6. The normalized spacial score (nSPS) is 14.2. The molecule has 3 aromatic rings. The van der Waals surface area contributed by atoms with Crippen molar-refractivity contribution < 1.29 is 29.0 Å². The summed E-state index contributed by atoms with van der Waals surface area (Å²) in [5.41, 5.74) is 5.62. The molecule has 0 radical (unpaired) electrons. The Labute approximate surface area is 247 Å². The number of carboxylic acid groups (broad SMARTS) is 1. The lowest BCUT2D eigenvalue weighted by atomic mass is 9.96. The van der Waals surface area contributed by atoms with Crippen molar-refractivity contribution in [2.45, 2.75) is 64.2 Å². The second kappa shape index (κ2) is 15.2. The summed E-state index contributed by atoms with van der Waals surface area (Å²) in [5, 5.41) is 15.1. The Balaban J connectivity index is 1.17. The van der Waals surface area contributed by atoms with Gasteiger partial charge in [-0.2, -0.15) is 0 Å². The lowest BCUT2D eigenvalue weighted by molar-refractivity contribution is -0.146. The van der Waals surface area contributed by atoms with Gasteiger partial charge in [0.1, 0.15) is 6.61 Å². The fraction of sp³-hybridized carbons (Fsp3) is 0.382. The van der Waals surface area contributed by atoms with E-state index in [-0.39, 0.29) is 37.4 Å². The second-order valence-corrected chi connectivity index (χ2v) is 10.7. The van der Waals surface area contributed by atoms with E-state index in [0.717, 1.165) is 23.1 Å². The monoisotopic (exact) mass is 572 g/mol. The van der Waals surface area contributed by atoms with E-state index in [1.54, 1.807) is 6.92 Å². The molecule has 3 aromatic carbocycles. The number of hydrogen-bond acceptors (Lipinski definition) is 5. The zero-order valence-electron chi connectivity index (χ0n) is 24.3. The summed E-state index contributed by atoms with van der Waals surface area (Å²) in [6, 6.07) is 24.7. The fourth-order valence-corrected chi connectivity index (χ4v) is 5.44. The van der Waals surface area contributed by atoms with Crippen LogP contribution < -0.4 is 10.6 Å². The summed E-state index contributed by atoms with van der Waals surface area (Å²) in [4.78, 5) is 36.9. The number of nitrogens with one attached hydrogen (secondary N) is 2. The zero-order chi connectivity index (χ0) is 29.9. The number of hydrogen-bond donors (Lipinski definition) is 3. The largest absolute Gasteiger partial charge is 0.480 e. The topological polar surface area (TPSA) is 114 Å². The average molecular weight is 573 g/mol. The molecule has 0 saturated carbocycles. The molecule has 0 heterocycles. The van der Waals surface area contributed by atoms with Gasteiger partial charge in [0.15, 0.2) is 6.04 Å². The van der Waals surface area contributed by atoms with Crippen molar-refractivity contribution in [3.63, 3.8) is 0 Å². The molecule has 8 heteroatoms. The van der Waals surface area contributed by atoms with Gasteiger partial charge in [-0.3, -0.25) is 4.79 Å². The van der Waals surface area contributed by atoms with E-state index in [2.05, 4.69) is 34.9 Å². The summed E-state index contributed by atoms with van der Waals surface area (Å²) in [5.74, 6) is -1.27. The Bertz CT molecular complexity index is 1300. The van der Waals surface area contributed by atoms with Gasteiger partial charge in [-0.1, -0.05) is 92.2 Å². The van der Waals surface area contributed by atoms with Gasteiger partial charge in [0, 0.05) is 18.9 Å². The van der Waals surface area contributed by atoms with Crippen LogP contribution in [0.2, 0.25) is 0 Å². The minimum atomic E-state index is -1.14. The smallest absolute Gasteiger partial charge is 0.407 e. The van der Waals surface area contributed by atoms with Crippen LogP contribution in [0.15, 0.2) is 78.9 Å². The van der Waals surface area contributed by atoms with Crippen LogP contribution in [-0.2, 0) is 25.7 Å². The highest BCUT2D eigenvalue weighted by atomic mass is 16.5. The zero-order valence-corrected chi connectivity index (χ0v) is 24.3. The molecule has 0 aliphatic heterocycles. The number of fused-ring (bicyclic) bond motifs is 3. The molecule has 222 valence electrons. The van der Waals surface area contributed by atoms with E-state index >= 15 is 0 Å². The molecule has 1 aliphatic rings. The second-order valence-electron chi connectivity index (χ2n) is 10.7. The van der Waals surface area contributed by atoms with Crippen LogP contribution in [0, 0.1) is 5.92 Å². The van der Waals surface area contributed by atoms with Crippen LogP contribution in [-0.4, -0.2) is 48.4 Å². The van der Waals surface area contributed by atoms with Crippen LogP contribution in [0.1, 0.15) is 62.1 Å². The van der Waals surface area contributed by atoms with E-state index in [1.807, 2.05) is 61.5 Å². The van der Waals surface area contributed by atoms with E-state index in [1.165, 1.54) is 11.1 Å². The predicted molar refractivity (Wildman–Crippen MR) is 161 cm³/mol. The van der Waals surface area contributed by atoms with Gasteiger partial charge in [-0.15, -0.1) is 0 Å². The third-order valence-electron chi connectivity index (χ3n) is 7.93. The van der Waals surface area contributed by atoms with Gasteiger partial charge in [0.05, 0.1) is 12.7 Å². The van der Waals surface area contributed by atoms with Crippen molar-refractivity contribution >= 4 is 18.0 Å². The minimum absolute atomic E-state index is 0.00568. The molecule has 0 bridgehead atoms. The number of carbonyl (C=O) groups excluding carboxylic acids is 2. The van der Waals surface area contributed by atoms with Crippen LogP contribution in [0.5, 0.6) is 0 Å². The molecular weight excluding hydrogens is 532 g/mol. The fourth-order valence-electron chi connectivity index (χ4n) is 5.44. The number of alkyl carbamates (subject to hydrolysis) is 1. The van der Waals surface area contributed by atoms with Crippen molar-refractivity contribution in [1.82, 2.24) is 10.6 Å². The summed E-state index contributed by atoms with van der Waals surface area (Å²) < 4.78 is 11.3. The maximum Gasteiger partial charge on any atom is 0.407 e. The molecule has 0 spiro atoms. The first kappa shape index (κ1) is 30.8. The van der Waals surface area contributed by atoms with Gasteiger partial charge >= 0.3 is 12.1 Å². The quantitative estimate of drug-likeness (QED) is 0.209. The lowest BCUT2D eigenvalue weighted by Gasteiger charge is -2.22. The molecule has 0 fully saturated rings. The third-order valence-corrected chi connectivity index (χ3v) is 7.93. The first-order valence-electron chi connectivity index (χ1n) is 14.6. The van der Waals surface area contributed by atoms with Crippen molar-refractivity contribution in [2.75, 3.05) is 13.2 Å².